The Kier molecular flexibility index (Phi) is 4.52. The average molecular weight is 225 g/mol. The molecule has 16 heavy (non-hydrogen) atoms. The highest BCUT2D eigenvalue weighted by molar-refractivity contribution is 5.88. The molecular formula is C12H19NO3. The van der Waals surface area contributed by atoms with Crippen LogP contribution >= 0.6 is 0 Å². The van der Waals surface area contributed by atoms with Crippen LogP contribution in [0.1, 0.15) is 39.0 Å². The zero-order valence-electron chi connectivity index (χ0n) is 9.66. The van der Waals surface area contributed by atoms with E-state index in [4.69, 9.17) is 0 Å². The molecule has 0 bridgehead atoms. The van der Waals surface area contributed by atoms with Gasteiger partial charge in [-0.25, -0.2) is 0 Å². The number of carboxylic acid groups (broad SMARTS) is 1. The molecule has 4 nitrogen and oxygen atoms in total. The molecule has 1 saturated carbocycles. The van der Waals surface area contributed by atoms with E-state index >= 15 is 0 Å². The summed E-state index contributed by atoms with van der Waals surface area (Å²) in [6.07, 6.45) is 7.36. The lowest BCUT2D eigenvalue weighted by atomic mass is 9.74. The molecule has 1 aliphatic rings. The molecule has 0 heterocycles. The third-order valence-electron chi connectivity index (χ3n) is 3.18. The molecule has 0 spiro atoms. The van der Waals surface area contributed by atoms with Crippen LogP contribution in [0.4, 0.5) is 0 Å². The minimum atomic E-state index is -0.784. The Bertz CT molecular complexity index is 291. The molecule has 0 aromatic carbocycles. The van der Waals surface area contributed by atoms with Gasteiger partial charge in [-0.15, -0.1) is 0 Å². The molecule has 0 unspecified atom stereocenters. The van der Waals surface area contributed by atoms with E-state index in [9.17, 15) is 14.7 Å². The zero-order chi connectivity index (χ0) is 12.0. The van der Waals surface area contributed by atoms with Crippen LogP contribution in [0.25, 0.3) is 0 Å². The summed E-state index contributed by atoms with van der Waals surface area (Å²) in [5.41, 5.74) is -0.741. The Labute approximate surface area is 95.7 Å². The van der Waals surface area contributed by atoms with Gasteiger partial charge in [0.2, 0.25) is 5.91 Å². The standard InChI is InChI=1S/C12H19NO3/c1-2-6-10(14)13-9-12(11(15)16)7-4-3-5-8-12/h2,6H,3-5,7-9H2,1H3,(H,13,14)(H,15,16)/b6-2+. The minimum absolute atomic E-state index is 0.214. The number of hydrogen-bond acceptors (Lipinski definition) is 2. The van der Waals surface area contributed by atoms with E-state index in [1.165, 1.54) is 6.08 Å². The second kappa shape index (κ2) is 5.68. The van der Waals surface area contributed by atoms with E-state index in [1.54, 1.807) is 13.0 Å². The third-order valence-corrected chi connectivity index (χ3v) is 3.18. The predicted octanol–water partition coefficient (Wildman–Crippen LogP) is 1.71. The van der Waals surface area contributed by atoms with Crippen molar-refractivity contribution in [1.82, 2.24) is 5.32 Å². The lowest BCUT2D eigenvalue weighted by Gasteiger charge is -2.33. The lowest BCUT2D eigenvalue weighted by molar-refractivity contribution is -0.150. The van der Waals surface area contributed by atoms with Gasteiger partial charge in [0, 0.05) is 6.54 Å². The number of allylic oxidation sites excluding steroid dienone is 1. The summed E-state index contributed by atoms with van der Waals surface area (Å²) in [5, 5.41) is 11.9. The Morgan fingerprint density at radius 2 is 1.94 bits per heavy atom. The van der Waals surface area contributed by atoms with Crippen LogP contribution in [0.5, 0.6) is 0 Å². The van der Waals surface area contributed by atoms with Crippen LogP contribution in [0.2, 0.25) is 0 Å². The summed E-state index contributed by atoms with van der Waals surface area (Å²) in [7, 11) is 0. The van der Waals surface area contributed by atoms with Crippen LogP contribution in [0, 0.1) is 5.41 Å². The van der Waals surface area contributed by atoms with Crippen molar-refractivity contribution in [3.05, 3.63) is 12.2 Å². The molecule has 1 aliphatic carbocycles. The average Bonchev–Trinajstić information content (AvgIpc) is 2.28. The normalized spacial score (nSPS) is 19.6. The molecule has 1 amide bonds. The molecule has 0 aromatic rings. The second-order valence-electron chi connectivity index (χ2n) is 4.36. The fraction of sp³-hybridized carbons (Fsp3) is 0.667. The fourth-order valence-electron chi connectivity index (χ4n) is 2.16. The Morgan fingerprint density at radius 3 is 2.44 bits per heavy atom. The number of carbonyl (C=O) groups is 2. The first-order valence-electron chi connectivity index (χ1n) is 5.75. The molecule has 0 aliphatic heterocycles. The number of nitrogens with one attached hydrogen (secondary N) is 1. The van der Waals surface area contributed by atoms with Crippen LogP contribution in [-0.2, 0) is 9.59 Å². The van der Waals surface area contributed by atoms with Gasteiger partial charge in [-0.05, 0) is 25.8 Å². The van der Waals surface area contributed by atoms with Crippen LogP contribution < -0.4 is 5.32 Å². The van der Waals surface area contributed by atoms with Crippen molar-refractivity contribution < 1.29 is 14.7 Å². The monoisotopic (exact) mass is 225 g/mol. The van der Waals surface area contributed by atoms with Gasteiger partial charge >= 0.3 is 5.97 Å². The highest BCUT2D eigenvalue weighted by Gasteiger charge is 2.39. The summed E-state index contributed by atoms with van der Waals surface area (Å²) in [6.45, 7) is 2.00. The summed E-state index contributed by atoms with van der Waals surface area (Å²) < 4.78 is 0. The van der Waals surface area contributed by atoms with Crippen molar-refractivity contribution in [2.45, 2.75) is 39.0 Å². The maximum Gasteiger partial charge on any atom is 0.311 e. The van der Waals surface area contributed by atoms with Gasteiger partial charge < -0.3 is 10.4 Å². The van der Waals surface area contributed by atoms with E-state index in [-0.39, 0.29) is 12.5 Å². The Hall–Kier alpha value is -1.32. The summed E-state index contributed by atoms with van der Waals surface area (Å²) >= 11 is 0. The minimum Gasteiger partial charge on any atom is -0.481 e. The number of hydrogen-bond donors (Lipinski definition) is 2. The number of amides is 1. The van der Waals surface area contributed by atoms with Crippen LogP contribution in [0.15, 0.2) is 12.2 Å². The maximum atomic E-state index is 11.3. The molecule has 4 heteroatoms. The first-order valence-corrected chi connectivity index (χ1v) is 5.75. The van der Waals surface area contributed by atoms with Crippen molar-refractivity contribution in [3.63, 3.8) is 0 Å². The molecule has 1 fully saturated rings. The molecule has 1 rings (SSSR count). The van der Waals surface area contributed by atoms with Gasteiger partial charge in [-0.1, -0.05) is 25.3 Å². The first kappa shape index (κ1) is 12.7. The first-order chi connectivity index (χ1) is 7.60. The van der Waals surface area contributed by atoms with E-state index in [0.717, 1.165) is 19.3 Å². The topological polar surface area (TPSA) is 66.4 Å². The Balaban J connectivity index is 2.57. The fourth-order valence-corrected chi connectivity index (χ4v) is 2.16. The second-order valence-corrected chi connectivity index (χ2v) is 4.36. The van der Waals surface area contributed by atoms with Crippen molar-refractivity contribution >= 4 is 11.9 Å². The largest absolute Gasteiger partial charge is 0.481 e. The summed E-state index contributed by atoms with van der Waals surface area (Å²) in [6, 6.07) is 0. The quantitative estimate of drug-likeness (QED) is 0.716. The SMILES string of the molecule is C/C=C/C(=O)NCC1(C(=O)O)CCCCC1. The highest BCUT2D eigenvalue weighted by Crippen LogP contribution is 2.35. The molecule has 0 atom stereocenters. The van der Waals surface area contributed by atoms with Gasteiger partial charge in [0.05, 0.1) is 5.41 Å². The number of carboxylic acids is 1. The molecule has 2 N–H and O–H groups in total. The van der Waals surface area contributed by atoms with Crippen molar-refractivity contribution in [1.29, 1.82) is 0 Å². The van der Waals surface area contributed by atoms with Crippen molar-refractivity contribution in [2.75, 3.05) is 6.54 Å². The van der Waals surface area contributed by atoms with E-state index in [0.29, 0.717) is 12.8 Å². The van der Waals surface area contributed by atoms with Gasteiger partial charge in [0.1, 0.15) is 0 Å². The van der Waals surface area contributed by atoms with Crippen LogP contribution in [0.3, 0.4) is 0 Å². The van der Waals surface area contributed by atoms with Gasteiger partial charge in [0.25, 0.3) is 0 Å². The summed E-state index contributed by atoms with van der Waals surface area (Å²) in [5.74, 6) is -0.998. The number of carbonyl (C=O) groups excluding carboxylic acids is 1. The van der Waals surface area contributed by atoms with Crippen molar-refractivity contribution in [3.8, 4) is 0 Å². The van der Waals surface area contributed by atoms with Crippen LogP contribution in [-0.4, -0.2) is 23.5 Å². The molecular weight excluding hydrogens is 206 g/mol. The van der Waals surface area contributed by atoms with E-state index in [2.05, 4.69) is 5.32 Å². The van der Waals surface area contributed by atoms with E-state index < -0.39 is 11.4 Å². The van der Waals surface area contributed by atoms with Gasteiger partial charge in [0.15, 0.2) is 0 Å². The smallest absolute Gasteiger partial charge is 0.311 e. The maximum absolute atomic E-state index is 11.3. The number of aliphatic carboxylic acids is 1. The Morgan fingerprint density at radius 1 is 1.31 bits per heavy atom. The summed E-state index contributed by atoms with van der Waals surface area (Å²) in [4.78, 5) is 22.5. The molecule has 0 saturated heterocycles. The highest BCUT2D eigenvalue weighted by atomic mass is 16.4. The lowest BCUT2D eigenvalue weighted by Crippen LogP contribution is -2.44. The molecule has 0 aromatic heterocycles. The molecule has 90 valence electrons. The molecule has 0 radical (unpaired) electrons. The zero-order valence-corrected chi connectivity index (χ0v) is 9.66. The van der Waals surface area contributed by atoms with Gasteiger partial charge in [-0.3, -0.25) is 9.59 Å². The third kappa shape index (κ3) is 3.08. The number of rotatable bonds is 4. The van der Waals surface area contributed by atoms with Gasteiger partial charge in [-0.2, -0.15) is 0 Å². The van der Waals surface area contributed by atoms with Crippen molar-refractivity contribution in [2.24, 2.45) is 5.41 Å². The van der Waals surface area contributed by atoms with E-state index in [1.807, 2.05) is 0 Å². The predicted molar refractivity (Wildman–Crippen MR) is 61.0 cm³/mol.